The zero-order valence-corrected chi connectivity index (χ0v) is 11.9. The minimum atomic E-state index is -2.80. The Kier molecular flexibility index (Phi) is 4.00. The molecule has 0 N–H and O–H groups in total. The van der Waals surface area contributed by atoms with Gasteiger partial charge in [0.15, 0.2) is 0 Å². The quantitative estimate of drug-likeness (QED) is 0.781. The molecule has 0 radical (unpaired) electrons. The summed E-state index contributed by atoms with van der Waals surface area (Å²) in [6, 6.07) is 0. The van der Waals surface area contributed by atoms with Gasteiger partial charge in [0, 0.05) is 31.6 Å². The van der Waals surface area contributed by atoms with E-state index in [1.165, 1.54) is 4.90 Å². The number of carbonyl (C=O) groups is 2. The second-order valence-corrected chi connectivity index (χ2v) is 6.34. The molecule has 0 aromatic heterocycles. The predicted octanol–water partition coefficient (Wildman–Crippen LogP) is 1.08. The van der Waals surface area contributed by atoms with Gasteiger partial charge in [-0.2, -0.15) is 8.78 Å². The molecule has 0 aliphatic carbocycles. The number of likely N-dealkylation sites (tertiary alicyclic amines) is 2. The third-order valence-corrected chi connectivity index (χ3v) is 3.74. The number of hydrogen-bond acceptors (Lipinski definition) is 3. The number of rotatable bonds is 3. The van der Waals surface area contributed by atoms with Gasteiger partial charge in [-0.25, -0.2) is 0 Å². The van der Waals surface area contributed by atoms with Gasteiger partial charge in [0.05, 0.1) is 12.0 Å². The molecule has 20 heavy (non-hydrogen) atoms. The van der Waals surface area contributed by atoms with Crippen LogP contribution in [0.4, 0.5) is 8.78 Å². The van der Waals surface area contributed by atoms with Crippen molar-refractivity contribution >= 4 is 11.8 Å². The fourth-order valence-corrected chi connectivity index (χ4v) is 2.63. The maximum Gasteiger partial charge on any atom is 0.345 e. The molecule has 2 heterocycles. The van der Waals surface area contributed by atoms with Gasteiger partial charge in [-0.15, -0.1) is 0 Å². The molecular formula is C13H20F2N2O3. The number of carbonyl (C=O) groups excluding carboxylic acids is 2. The van der Waals surface area contributed by atoms with E-state index in [0.717, 1.165) is 0 Å². The van der Waals surface area contributed by atoms with E-state index in [4.69, 9.17) is 0 Å². The highest BCUT2D eigenvalue weighted by atomic mass is 19.3. The molecule has 0 saturated carbocycles. The number of alkyl halides is 2. The number of amides is 2. The second-order valence-electron chi connectivity index (χ2n) is 6.34. The molecule has 2 rings (SSSR count). The summed E-state index contributed by atoms with van der Waals surface area (Å²) in [6.45, 7) is 3.74. The maximum atomic E-state index is 12.2. The lowest BCUT2D eigenvalue weighted by Gasteiger charge is -2.40. The number of hydrogen-bond donors (Lipinski definition) is 0. The van der Waals surface area contributed by atoms with Crippen LogP contribution in [0.25, 0.3) is 0 Å². The summed E-state index contributed by atoms with van der Waals surface area (Å²) in [5.74, 6) is -0.537. The van der Waals surface area contributed by atoms with Gasteiger partial charge in [0.25, 0.3) is 0 Å². The van der Waals surface area contributed by atoms with Crippen LogP contribution in [0, 0.1) is 5.92 Å². The monoisotopic (exact) mass is 290 g/mol. The topological polar surface area (TPSA) is 49.9 Å². The zero-order chi connectivity index (χ0) is 15.1. The van der Waals surface area contributed by atoms with Crippen molar-refractivity contribution in [3.63, 3.8) is 0 Å². The van der Waals surface area contributed by atoms with E-state index in [2.05, 4.69) is 4.74 Å². The molecule has 114 valence electrons. The van der Waals surface area contributed by atoms with Crippen molar-refractivity contribution in [2.75, 3.05) is 19.6 Å². The van der Waals surface area contributed by atoms with Crippen molar-refractivity contribution in [1.82, 2.24) is 9.80 Å². The van der Waals surface area contributed by atoms with Gasteiger partial charge < -0.3 is 14.5 Å². The lowest BCUT2D eigenvalue weighted by atomic mass is 10.0. The Morgan fingerprint density at radius 1 is 1.30 bits per heavy atom. The van der Waals surface area contributed by atoms with Crippen LogP contribution in [0.1, 0.15) is 27.2 Å². The lowest BCUT2D eigenvalue weighted by Crippen LogP contribution is -2.57. The number of nitrogens with zero attached hydrogens (tertiary/aromatic N) is 2. The normalized spacial score (nSPS) is 24.5. The van der Waals surface area contributed by atoms with Crippen LogP contribution in [0.2, 0.25) is 0 Å². The van der Waals surface area contributed by atoms with Gasteiger partial charge in [-0.05, 0) is 20.8 Å². The van der Waals surface area contributed by atoms with E-state index in [-0.39, 0.29) is 42.8 Å². The fourth-order valence-electron chi connectivity index (χ4n) is 2.63. The number of ether oxygens (including phenoxy) is 1. The average Bonchev–Trinajstić information content (AvgIpc) is 2.63. The molecule has 2 amide bonds. The van der Waals surface area contributed by atoms with Crippen molar-refractivity contribution in [3.05, 3.63) is 0 Å². The lowest BCUT2D eigenvalue weighted by molar-refractivity contribution is -0.200. The molecule has 0 aromatic rings. The summed E-state index contributed by atoms with van der Waals surface area (Å²) >= 11 is 0. The summed E-state index contributed by atoms with van der Waals surface area (Å²) in [7, 11) is 0. The highest BCUT2D eigenvalue weighted by Gasteiger charge is 2.43. The van der Waals surface area contributed by atoms with Gasteiger partial charge in [-0.1, -0.05) is 0 Å². The molecular weight excluding hydrogens is 270 g/mol. The molecule has 1 unspecified atom stereocenters. The summed E-state index contributed by atoms with van der Waals surface area (Å²) in [5.41, 5.74) is -0.303. The molecule has 0 bridgehead atoms. The van der Waals surface area contributed by atoms with Crippen LogP contribution < -0.4 is 0 Å². The van der Waals surface area contributed by atoms with E-state index in [1.54, 1.807) is 4.90 Å². The Bertz CT molecular complexity index is 403. The van der Waals surface area contributed by atoms with Crippen LogP contribution in [0.5, 0.6) is 0 Å². The van der Waals surface area contributed by atoms with Crippen LogP contribution in [-0.4, -0.2) is 59.5 Å². The Morgan fingerprint density at radius 2 is 1.90 bits per heavy atom. The molecule has 7 heteroatoms. The molecule has 0 spiro atoms. The first kappa shape index (κ1) is 15.2. The molecule has 0 aromatic carbocycles. The first-order valence-electron chi connectivity index (χ1n) is 6.71. The Labute approximate surface area is 116 Å². The average molecular weight is 290 g/mol. The van der Waals surface area contributed by atoms with Crippen molar-refractivity contribution in [2.45, 2.75) is 45.4 Å². The first-order valence-corrected chi connectivity index (χ1v) is 6.71. The Balaban J connectivity index is 1.85. The third-order valence-electron chi connectivity index (χ3n) is 3.74. The van der Waals surface area contributed by atoms with Crippen LogP contribution in [-0.2, 0) is 14.3 Å². The SMILES string of the molecule is CC(C)(C)N1CC(C(=O)N2CC(OC(F)F)C2)CC1=O. The summed E-state index contributed by atoms with van der Waals surface area (Å²) in [6.07, 6.45) is -0.387. The highest BCUT2D eigenvalue weighted by Crippen LogP contribution is 2.28. The molecule has 1 atom stereocenters. The van der Waals surface area contributed by atoms with Crippen molar-refractivity contribution in [2.24, 2.45) is 5.92 Å². The Morgan fingerprint density at radius 3 is 2.35 bits per heavy atom. The fraction of sp³-hybridized carbons (Fsp3) is 0.846. The number of halogens is 2. The van der Waals surface area contributed by atoms with E-state index in [9.17, 15) is 18.4 Å². The minimum absolute atomic E-state index is 0.0308. The van der Waals surface area contributed by atoms with Gasteiger partial charge in [0.2, 0.25) is 11.8 Å². The van der Waals surface area contributed by atoms with Crippen molar-refractivity contribution in [1.29, 1.82) is 0 Å². The minimum Gasteiger partial charge on any atom is -0.337 e. The first-order chi connectivity index (χ1) is 9.18. The molecule has 2 fully saturated rings. The third kappa shape index (κ3) is 3.08. The molecule has 2 aliphatic heterocycles. The molecule has 5 nitrogen and oxygen atoms in total. The largest absolute Gasteiger partial charge is 0.345 e. The van der Waals surface area contributed by atoms with Crippen molar-refractivity contribution < 1.29 is 23.1 Å². The highest BCUT2D eigenvalue weighted by molar-refractivity contribution is 5.90. The second kappa shape index (κ2) is 5.27. The molecule has 2 aliphatic rings. The van der Waals surface area contributed by atoms with E-state index >= 15 is 0 Å². The van der Waals surface area contributed by atoms with E-state index in [0.29, 0.717) is 6.54 Å². The van der Waals surface area contributed by atoms with Gasteiger partial charge >= 0.3 is 6.61 Å². The smallest absolute Gasteiger partial charge is 0.337 e. The summed E-state index contributed by atoms with van der Waals surface area (Å²) in [4.78, 5) is 27.3. The van der Waals surface area contributed by atoms with E-state index < -0.39 is 12.7 Å². The maximum absolute atomic E-state index is 12.2. The van der Waals surface area contributed by atoms with Crippen LogP contribution >= 0.6 is 0 Å². The van der Waals surface area contributed by atoms with E-state index in [1.807, 2.05) is 20.8 Å². The zero-order valence-electron chi connectivity index (χ0n) is 11.9. The standard InChI is InChI=1S/C13H20F2N2O3/c1-13(2,3)17-5-8(4-10(17)18)11(19)16-6-9(7-16)20-12(14)15/h8-9,12H,4-7H2,1-3H3. The van der Waals surface area contributed by atoms with Gasteiger partial charge in [0.1, 0.15) is 0 Å². The van der Waals surface area contributed by atoms with Gasteiger partial charge in [-0.3, -0.25) is 9.59 Å². The van der Waals surface area contributed by atoms with Crippen LogP contribution in [0.3, 0.4) is 0 Å². The van der Waals surface area contributed by atoms with Crippen molar-refractivity contribution in [3.8, 4) is 0 Å². The van der Waals surface area contributed by atoms with Crippen LogP contribution in [0.15, 0.2) is 0 Å². The summed E-state index contributed by atoms with van der Waals surface area (Å²) in [5, 5.41) is 0. The Hall–Kier alpha value is -1.24. The predicted molar refractivity (Wildman–Crippen MR) is 67.0 cm³/mol. The summed E-state index contributed by atoms with van der Waals surface area (Å²) < 4.78 is 28.3. The molecule has 2 saturated heterocycles.